The zero-order chi connectivity index (χ0) is 11.1. The predicted octanol–water partition coefficient (Wildman–Crippen LogP) is 1.66. The summed E-state index contributed by atoms with van der Waals surface area (Å²) in [4.78, 5) is 12.2. The lowest BCUT2D eigenvalue weighted by Crippen LogP contribution is -2.21. The lowest BCUT2D eigenvalue weighted by atomic mass is 10.3. The number of benzene rings is 1. The van der Waals surface area contributed by atoms with Crippen LogP contribution < -0.4 is 5.56 Å². The van der Waals surface area contributed by atoms with Crippen molar-refractivity contribution in [1.82, 2.24) is 9.36 Å². The second-order valence-corrected chi connectivity index (χ2v) is 4.25. The molecule has 2 aromatic rings. The minimum atomic E-state index is 0.154. The van der Waals surface area contributed by atoms with Crippen LogP contribution in [0.3, 0.4) is 0 Å². The fourth-order valence-corrected chi connectivity index (χ4v) is 2.56. The Labute approximate surface area is 93.9 Å². The zero-order valence-corrected chi connectivity index (χ0v) is 9.31. The molecule has 1 aromatic heterocycles. The number of nitrogens with zero attached hydrogens (tertiary/aromatic N) is 2. The summed E-state index contributed by atoms with van der Waals surface area (Å²) in [7, 11) is 1.97. The first-order chi connectivity index (χ1) is 7.79. The zero-order valence-electron chi connectivity index (χ0n) is 9.31. The summed E-state index contributed by atoms with van der Waals surface area (Å²) in [5.41, 5.74) is 3.31. The van der Waals surface area contributed by atoms with Crippen LogP contribution in [0.1, 0.15) is 17.7 Å². The molecule has 82 valence electrons. The largest absolute Gasteiger partial charge is 0.285 e. The fraction of sp³-hybridized carbons (Fsp3) is 0.308. The van der Waals surface area contributed by atoms with E-state index >= 15 is 0 Å². The number of hydrogen-bond donors (Lipinski definition) is 0. The summed E-state index contributed by atoms with van der Waals surface area (Å²) in [5.74, 6) is 0. The van der Waals surface area contributed by atoms with Crippen LogP contribution in [0.15, 0.2) is 35.1 Å². The Morgan fingerprint density at radius 1 is 1.12 bits per heavy atom. The Balaban J connectivity index is 2.27. The van der Waals surface area contributed by atoms with E-state index in [4.69, 9.17) is 0 Å². The van der Waals surface area contributed by atoms with Crippen LogP contribution in [0.5, 0.6) is 0 Å². The van der Waals surface area contributed by atoms with Crippen molar-refractivity contribution in [3.63, 3.8) is 0 Å². The summed E-state index contributed by atoms with van der Waals surface area (Å²) in [6.07, 6.45) is 3.08. The molecule has 0 radical (unpaired) electrons. The number of para-hydroxylation sites is 1. The molecule has 3 heteroatoms. The Morgan fingerprint density at radius 3 is 2.56 bits per heavy atom. The minimum Gasteiger partial charge on any atom is -0.285 e. The summed E-state index contributed by atoms with van der Waals surface area (Å²) in [5, 5.41) is 0. The van der Waals surface area contributed by atoms with Crippen LogP contribution in [-0.2, 0) is 19.9 Å². The van der Waals surface area contributed by atoms with Crippen LogP contribution in [0.25, 0.3) is 5.69 Å². The van der Waals surface area contributed by atoms with Crippen molar-refractivity contribution in [1.29, 1.82) is 0 Å². The summed E-state index contributed by atoms with van der Waals surface area (Å²) >= 11 is 0. The molecular formula is C13H14N2O. The highest BCUT2D eigenvalue weighted by Crippen LogP contribution is 2.20. The summed E-state index contributed by atoms with van der Waals surface area (Å²) in [6, 6.07) is 9.82. The molecule has 1 aliphatic rings. The van der Waals surface area contributed by atoms with Crippen LogP contribution in [0.4, 0.5) is 0 Å². The fourth-order valence-electron chi connectivity index (χ4n) is 2.56. The molecule has 1 aliphatic carbocycles. The molecule has 0 saturated heterocycles. The third-order valence-corrected chi connectivity index (χ3v) is 3.33. The molecule has 0 amide bonds. The molecule has 1 heterocycles. The predicted molar refractivity (Wildman–Crippen MR) is 63.0 cm³/mol. The smallest absolute Gasteiger partial charge is 0.274 e. The highest BCUT2D eigenvalue weighted by molar-refractivity contribution is 5.34. The van der Waals surface area contributed by atoms with Gasteiger partial charge in [0.1, 0.15) is 0 Å². The second-order valence-electron chi connectivity index (χ2n) is 4.25. The normalized spacial score (nSPS) is 14.1. The molecule has 0 saturated carbocycles. The van der Waals surface area contributed by atoms with Crippen molar-refractivity contribution < 1.29 is 0 Å². The summed E-state index contributed by atoms with van der Waals surface area (Å²) in [6.45, 7) is 0. The van der Waals surface area contributed by atoms with E-state index in [1.165, 1.54) is 5.69 Å². The maximum atomic E-state index is 12.2. The van der Waals surface area contributed by atoms with E-state index in [2.05, 4.69) is 0 Å². The van der Waals surface area contributed by atoms with Gasteiger partial charge in [0.2, 0.25) is 0 Å². The van der Waals surface area contributed by atoms with Crippen molar-refractivity contribution in [3.8, 4) is 5.69 Å². The SMILES string of the molecule is Cn1c2c(c(=O)n1-c1ccccc1)CCC2. The molecule has 3 rings (SSSR count). The van der Waals surface area contributed by atoms with Crippen LogP contribution in [0, 0.1) is 0 Å². The van der Waals surface area contributed by atoms with Crippen molar-refractivity contribution in [2.75, 3.05) is 0 Å². The number of fused-ring (bicyclic) bond motifs is 1. The highest BCUT2D eigenvalue weighted by atomic mass is 16.1. The molecule has 0 spiro atoms. The second kappa shape index (κ2) is 3.37. The van der Waals surface area contributed by atoms with Crippen molar-refractivity contribution in [2.45, 2.75) is 19.3 Å². The van der Waals surface area contributed by atoms with Gasteiger partial charge in [0.25, 0.3) is 5.56 Å². The van der Waals surface area contributed by atoms with Gasteiger partial charge in [0.15, 0.2) is 0 Å². The highest BCUT2D eigenvalue weighted by Gasteiger charge is 2.22. The van der Waals surface area contributed by atoms with Gasteiger partial charge in [-0.05, 0) is 31.4 Å². The monoisotopic (exact) mass is 214 g/mol. The van der Waals surface area contributed by atoms with E-state index < -0.39 is 0 Å². The van der Waals surface area contributed by atoms with Gasteiger partial charge in [-0.15, -0.1) is 0 Å². The van der Waals surface area contributed by atoms with Crippen molar-refractivity contribution in [2.24, 2.45) is 7.05 Å². The molecule has 16 heavy (non-hydrogen) atoms. The first-order valence-corrected chi connectivity index (χ1v) is 5.64. The van der Waals surface area contributed by atoms with Gasteiger partial charge in [-0.2, -0.15) is 0 Å². The van der Waals surface area contributed by atoms with Gasteiger partial charge >= 0.3 is 0 Å². The quantitative estimate of drug-likeness (QED) is 0.709. The third kappa shape index (κ3) is 1.18. The van der Waals surface area contributed by atoms with E-state index in [1.807, 2.05) is 42.1 Å². The maximum Gasteiger partial charge on any atom is 0.274 e. The standard InChI is InChI=1S/C13H14N2O/c1-14-12-9-5-8-11(12)13(16)15(14)10-6-3-2-4-7-10/h2-4,6-7H,5,8-9H2,1H3. The molecule has 0 aliphatic heterocycles. The Bertz CT molecular complexity index is 578. The van der Waals surface area contributed by atoms with Gasteiger partial charge in [-0.25, -0.2) is 4.68 Å². The molecular weight excluding hydrogens is 200 g/mol. The van der Waals surface area contributed by atoms with Gasteiger partial charge in [-0.1, -0.05) is 18.2 Å². The first kappa shape index (κ1) is 9.46. The average Bonchev–Trinajstić information content (AvgIpc) is 2.86. The van der Waals surface area contributed by atoms with Crippen LogP contribution in [0.2, 0.25) is 0 Å². The molecule has 3 nitrogen and oxygen atoms in total. The van der Waals surface area contributed by atoms with E-state index in [1.54, 1.807) is 4.68 Å². The van der Waals surface area contributed by atoms with Crippen LogP contribution >= 0.6 is 0 Å². The van der Waals surface area contributed by atoms with Gasteiger partial charge in [0, 0.05) is 18.3 Å². The number of aromatic nitrogens is 2. The molecule has 1 aromatic carbocycles. The molecule has 0 atom stereocenters. The maximum absolute atomic E-state index is 12.2. The lowest BCUT2D eigenvalue weighted by molar-refractivity contribution is 0.610. The summed E-state index contributed by atoms with van der Waals surface area (Å²) < 4.78 is 3.77. The lowest BCUT2D eigenvalue weighted by Gasteiger charge is -2.08. The van der Waals surface area contributed by atoms with E-state index in [0.717, 1.165) is 30.5 Å². The first-order valence-electron chi connectivity index (χ1n) is 5.64. The Kier molecular flexibility index (Phi) is 1.99. The van der Waals surface area contributed by atoms with Gasteiger partial charge in [0.05, 0.1) is 5.69 Å². The number of hydrogen-bond acceptors (Lipinski definition) is 1. The molecule has 0 fully saturated rings. The Hall–Kier alpha value is -1.77. The Morgan fingerprint density at radius 2 is 1.88 bits per heavy atom. The van der Waals surface area contributed by atoms with E-state index in [9.17, 15) is 4.79 Å². The van der Waals surface area contributed by atoms with Crippen molar-refractivity contribution in [3.05, 3.63) is 51.9 Å². The molecule has 0 bridgehead atoms. The van der Waals surface area contributed by atoms with E-state index in [0.29, 0.717) is 0 Å². The van der Waals surface area contributed by atoms with Gasteiger partial charge < -0.3 is 0 Å². The third-order valence-electron chi connectivity index (χ3n) is 3.33. The topological polar surface area (TPSA) is 26.9 Å². The van der Waals surface area contributed by atoms with Crippen molar-refractivity contribution >= 4 is 0 Å². The van der Waals surface area contributed by atoms with Crippen LogP contribution in [-0.4, -0.2) is 9.36 Å². The molecule has 0 N–H and O–H groups in total. The molecule has 0 unspecified atom stereocenters. The number of rotatable bonds is 1. The minimum absolute atomic E-state index is 0.154. The average molecular weight is 214 g/mol. The van der Waals surface area contributed by atoms with E-state index in [-0.39, 0.29) is 5.56 Å². The van der Waals surface area contributed by atoms with Gasteiger partial charge in [-0.3, -0.25) is 9.48 Å².